The van der Waals surface area contributed by atoms with Gasteiger partial charge in [0, 0.05) is 33.3 Å². The Labute approximate surface area is 160 Å². The first-order chi connectivity index (χ1) is 13.2. The molecule has 4 atom stereocenters. The van der Waals surface area contributed by atoms with Gasteiger partial charge in [-0.3, -0.25) is 19.5 Å². The van der Waals surface area contributed by atoms with Gasteiger partial charge in [-0.25, -0.2) is 0 Å². The van der Waals surface area contributed by atoms with E-state index in [-0.39, 0.29) is 35.5 Å². The Kier molecular flexibility index (Phi) is 5.48. The van der Waals surface area contributed by atoms with E-state index in [0.717, 1.165) is 31.3 Å². The molecule has 7 heteroatoms. The minimum atomic E-state index is -0.0921. The zero-order chi connectivity index (χ0) is 18.8. The smallest absolute Gasteiger partial charge is 0.233 e. The Morgan fingerprint density at radius 1 is 1.15 bits per heavy atom. The number of guanidine groups is 1. The van der Waals surface area contributed by atoms with Crippen LogP contribution in [0.4, 0.5) is 0 Å². The van der Waals surface area contributed by atoms with Gasteiger partial charge in [0.25, 0.3) is 0 Å². The maximum atomic E-state index is 12.6. The predicted molar refractivity (Wildman–Crippen MR) is 102 cm³/mol. The third kappa shape index (κ3) is 3.88. The second-order valence-electron chi connectivity index (χ2n) is 8.13. The standard InChI is InChI=1S/C20H30N4O3/c1-21-20(23-8-10-27-12-13-3-4-13)22-7-2-9-24-18(25)16-14-5-6-15(11-14)17(16)19(24)26/h5-6,13-17H,2-4,7-12H2,1H3,(H2,21,22,23). The lowest BCUT2D eigenvalue weighted by atomic mass is 9.85. The predicted octanol–water partition coefficient (Wildman–Crippen LogP) is 0.775. The topological polar surface area (TPSA) is 83.0 Å². The quantitative estimate of drug-likeness (QED) is 0.205. The zero-order valence-corrected chi connectivity index (χ0v) is 16.0. The molecule has 4 unspecified atom stereocenters. The summed E-state index contributed by atoms with van der Waals surface area (Å²) in [5.74, 6) is 1.96. The third-order valence-electron chi connectivity index (χ3n) is 6.23. The van der Waals surface area contributed by atoms with Crippen molar-refractivity contribution >= 4 is 17.8 Å². The van der Waals surface area contributed by atoms with Crippen LogP contribution in [0.25, 0.3) is 0 Å². The molecular formula is C20H30N4O3. The highest BCUT2D eigenvalue weighted by Gasteiger charge is 2.58. The number of nitrogens with one attached hydrogen (secondary N) is 2. The van der Waals surface area contributed by atoms with Gasteiger partial charge in [0.05, 0.1) is 18.4 Å². The largest absolute Gasteiger partial charge is 0.379 e. The summed E-state index contributed by atoms with van der Waals surface area (Å²) in [6, 6.07) is 0. The number of rotatable bonds is 9. The van der Waals surface area contributed by atoms with Crippen molar-refractivity contribution in [2.24, 2.45) is 34.6 Å². The number of likely N-dealkylation sites (tertiary alicyclic amines) is 1. The summed E-state index contributed by atoms with van der Waals surface area (Å²) in [6.45, 7) is 3.41. The summed E-state index contributed by atoms with van der Waals surface area (Å²) in [6.07, 6.45) is 8.57. The Morgan fingerprint density at radius 3 is 2.44 bits per heavy atom. The number of ether oxygens (including phenoxy) is 1. The van der Waals surface area contributed by atoms with E-state index in [0.29, 0.717) is 26.2 Å². The molecule has 7 nitrogen and oxygen atoms in total. The fraction of sp³-hybridized carbons (Fsp3) is 0.750. The van der Waals surface area contributed by atoms with E-state index >= 15 is 0 Å². The van der Waals surface area contributed by atoms with E-state index in [2.05, 4.69) is 27.8 Å². The van der Waals surface area contributed by atoms with Crippen molar-refractivity contribution in [3.05, 3.63) is 12.2 Å². The van der Waals surface area contributed by atoms with Crippen molar-refractivity contribution in [2.75, 3.05) is 39.9 Å². The number of fused-ring (bicyclic) bond motifs is 5. The van der Waals surface area contributed by atoms with Crippen molar-refractivity contribution in [1.29, 1.82) is 0 Å². The van der Waals surface area contributed by atoms with Crippen LogP contribution in [0, 0.1) is 29.6 Å². The lowest BCUT2D eigenvalue weighted by Crippen LogP contribution is -2.41. The minimum absolute atomic E-state index is 0.0390. The van der Waals surface area contributed by atoms with Crippen LogP contribution in [0.15, 0.2) is 17.1 Å². The number of nitrogens with zero attached hydrogens (tertiary/aromatic N) is 2. The zero-order valence-electron chi connectivity index (χ0n) is 16.0. The molecule has 0 aromatic carbocycles. The summed E-state index contributed by atoms with van der Waals surface area (Å²) in [5, 5.41) is 6.46. The van der Waals surface area contributed by atoms with Crippen LogP contribution in [0.3, 0.4) is 0 Å². The van der Waals surface area contributed by atoms with E-state index in [1.165, 1.54) is 17.7 Å². The molecule has 1 saturated heterocycles. The second-order valence-corrected chi connectivity index (χ2v) is 8.13. The number of carbonyl (C=O) groups is 2. The summed E-state index contributed by atoms with van der Waals surface area (Å²) in [5.41, 5.74) is 0. The van der Waals surface area contributed by atoms with E-state index < -0.39 is 0 Å². The molecule has 3 aliphatic carbocycles. The molecule has 0 spiro atoms. The van der Waals surface area contributed by atoms with E-state index in [1.807, 2.05) is 0 Å². The van der Waals surface area contributed by atoms with E-state index in [1.54, 1.807) is 7.05 Å². The number of imide groups is 1. The number of hydrogen-bond donors (Lipinski definition) is 2. The summed E-state index contributed by atoms with van der Waals surface area (Å²) in [4.78, 5) is 30.9. The maximum Gasteiger partial charge on any atom is 0.233 e. The number of amides is 2. The molecule has 1 aliphatic heterocycles. The van der Waals surface area contributed by atoms with Gasteiger partial charge in [-0.2, -0.15) is 0 Å². The molecule has 0 aromatic heterocycles. The van der Waals surface area contributed by atoms with Gasteiger partial charge < -0.3 is 15.4 Å². The third-order valence-corrected chi connectivity index (χ3v) is 6.23. The van der Waals surface area contributed by atoms with Crippen LogP contribution in [0.2, 0.25) is 0 Å². The van der Waals surface area contributed by atoms with Gasteiger partial charge in [-0.05, 0) is 43.4 Å². The Bertz CT molecular complexity index is 613. The van der Waals surface area contributed by atoms with Gasteiger partial charge in [0.2, 0.25) is 11.8 Å². The number of aliphatic imine (C=N–C) groups is 1. The number of carbonyl (C=O) groups excluding carboxylic acids is 2. The highest BCUT2D eigenvalue weighted by molar-refractivity contribution is 6.06. The Balaban J connectivity index is 1.13. The summed E-state index contributed by atoms with van der Waals surface area (Å²) < 4.78 is 5.60. The van der Waals surface area contributed by atoms with Crippen LogP contribution in [0.5, 0.6) is 0 Å². The summed E-state index contributed by atoms with van der Waals surface area (Å²) in [7, 11) is 1.73. The van der Waals surface area contributed by atoms with Gasteiger partial charge in [0.1, 0.15) is 0 Å². The lowest BCUT2D eigenvalue weighted by Gasteiger charge is -2.18. The average Bonchev–Trinajstić information content (AvgIpc) is 3.17. The SMILES string of the molecule is CN=C(NCCCN1C(=O)C2C3C=CC(C3)C2C1=O)NCCOCC1CC1. The molecule has 1 heterocycles. The Hall–Kier alpha value is -1.89. The molecule has 0 aromatic rings. The van der Waals surface area contributed by atoms with Crippen LogP contribution in [-0.2, 0) is 14.3 Å². The van der Waals surface area contributed by atoms with Crippen molar-refractivity contribution in [2.45, 2.75) is 25.7 Å². The number of hydrogen-bond acceptors (Lipinski definition) is 4. The molecule has 27 heavy (non-hydrogen) atoms. The molecule has 148 valence electrons. The maximum absolute atomic E-state index is 12.6. The number of allylic oxidation sites excluding steroid dienone is 2. The molecule has 2 saturated carbocycles. The van der Waals surface area contributed by atoms with Crippen LogP contribution >= 0.6 is 0 Å². The molecule has 2 N–H and O–H groups in total. The van der Waals surface area contributed by atoms with Gasteiger partial charge in [-0.15, -0.1) is 0 Å². The van der Waals surface area contributed by atoms with Gasteiger partial charge >= 0.3 is 0 Å². The first kappa shape index (κ1) is 18.5. The molecular weight excluding hydrogens is 344 g/mol. The molecule has 0 radical (unpaired) electrons. The Morgan fingerprint density at radius 2 is 1.81 bits per heavy atom. The first-order valence-corrected chi connectivity index (χ1v) is 10.2. The van der Waals surface area contributed by atoms with Crippen molar-refractivity contribution in [1.82, 2.24) is 15.5 Å². The van der Waals surface area contributed by atoms with Crippen molar-refractivity contribution < 1.29 is 14.3 Å². The van der Waals surface area contributed by atoms with Crippen LogP contribution < -0.4 is 10.6 Å². The molecule has 3 fully saturated rings. The van der Waals surface area contributed by atoms with Crippen molar-refractivity contribution in [3.8, 4) is 0 Å². The monoisotopic (exact) mass is 374 g/mol. The molecule has 4 rings (SSSR count). The highest BCUT2D eigenvalue weighted by Crippen LogP contribution is 2.52. The van der Waals surface area contributed by atoms with E-state index in [9.17, 15) is 9.59 Å². The van der Waals surface area contributed by atoms with Crippen LogP contribution in [0.1, 0.15) is 25.7 Å². The molecule has 2 amide bonds. The minimum Gasteiger partial charge on any atom is -0.379 e. The second kappa shape index (κ2) is 8.00. The molecule has 2 bridgehead atoms. The van der Waals surface area contributed by atoms with Crippen molar-refractivity contribution in [3.63, 3.8) is 0 Å². The van der Waals surface area contributed by atoms with Crippen LogP contribution in [-0.4, -0.2) is 62.6 Å². The first-order valence-electron chi connectivity index (χ1n) is 10.2. The lowest BCUT2D eigenvalue weighted by molar-refractivity contribution is -0.140. The van der Waals surface area contributed by atoms with Gasteiger partial charge in [-0.1, -0.05) is 12.2 Å². The van der Waals surface area contributed by atoms with E-state index in [4.69, 9.17) is 4.74 Å². The fourth-order valence-corrected chi connectivity index (χ4v) is 4.63. The summed E-state index contributed by atoms with van der Waals surface area (Å²) >= 11 is 0. The molecule has 4 aliphatic rings. The fourth-order valence-electron chi connectivity index (χ4n) is 4.63. The van der Waals surface area contributed by atoms with Gasteiger partial charge in [0.15, 0.2) is 5.96 Å². The average molecular weight is 374 g/mol. The normalized spacial score (nSPS) is 31.7. The highest BCUT2D eigenvalue weighted by atomic mass is 16.5.